The second-order valence-electron chi connectivity index (χ2n) is 5.02. The van der Waals surface area contributed by atoms with Gasteiger partial charge in [-0.05, 0) is 37.4 Å². The molecular formula is C14H17N5. The van der Waals surface area contributed by atoms with Gasteiger partial charge in [0.1, 0.15) is 12.7 Å². The number of aromatic amines is 1. The number of aromatic nitrogens is 4. The molecule has 98 valence electrons. The highest BCUT2D eigenvalue weighted by atomic mass is 15.3. The predicted octanol–water partition coefficient (Wildman–Crippen LogP) is 1.87. The Labute approximate surface area is 111 Å². The van der Waals surface area contributed by atoms with Gasteiger partial charge in [-0.2, -0.15) is 5.10 Å². The third-order valence-corrected chi connectivity index (χ3v) is 3.13. The van der Waals surface area contributed by atoms with E-state index in [1.807, 2.05) is 4.68 Å². The first-order valence-electron chi connectivity index (χ1n) is 6.28. The van der Waals surface area contributed by atoms with Crippen LogP contribution in [0.1, 0.15) is 11.1 Å². The third kappa shape index (κ3) is 2.51. The van der Waals surface area contributed by atoms with Crippen LogP contribution in [-0.4, -0.2) is 38.7 Å². The van der Waals surface area contributed by atoms with Gasteiger partial charge in [-0.3, -0.25) is 0 Å². The van der Waals surface area contributed by atoms with E-state index in [2.05, 4.69) is 58.5 Å². The average molecular weight is 255 g/mol. The summed E-state index contributed by atoms with van der Waals surface area (Å²) in [6, 6.07) is 6.48. The topological polar surface area (TPSA) is 49.7 Å². The fourth-order valence-corrected chi connectivity index (χ4v) is 2.30. The van der Waals surface area contributed by atoms with Gasteiger partial charge in [0.15, 0.2) is 0 Å². The second kappa shape index (κ2) is 4.85. The Hall–Kier alpha value is -2.14. The SMILES string of the molecule is CN(C)Cc1c[nH]c2ccc(Cn3cncn3)cc12. The van der Waals surface area contributed by atoms with Crippen LogP contribution >= 0.6 is 0 Å². The first kappa shape index (κ1) is 11.9. The van der Waals surface area contributed by atoms with E-state index in [1.165, 1.54) is 22.0 Å². The number of H-pyrrole nitrogens is 1. The van der Waals surface area contributed by atoms with E-state index in [0.717, 1.165) is 13.1 Å². The lowest BCUT2D eigenvalue weighted by Gasteiger charge is -2.08. The molecule has 0 amide bonds. The third-order valence-electron chi connectivity index (χ3n) is 3.13. The molecule has 1 aromatic carbocycles. The summed E-state index contributed by atoms with van der Waals surface area (Å²) in [4.78, 5) is 9.46. The summed E-state index contributed by atoms with van der Waals surface area (Å²) in [5.74, 6) is 0. The van der Waals surface area contributed by atoms with Crippen LogP contribution in [0.15, 0.2) is 37.1 Å². The van der Waals surface area contributed by atoms with Crippen molar-refractivity contribution >= 4 is 10.9 Å². The standard InChI is InChI=1S/C14H17N5/c1-18(2)8-12-6-16-14-4-3-11(5-13(12)14)7-19-10-15-9-17-19/h3-6,9-10,16H,7-8H2,1-2H3. The first-order chi connectivity index (χ1) is 9.22. The summed E-state index contributed by atoms with van der Waals surface area (Å²) in [5, 5.41) is 5.42. The zero-order chi connectivity index (χ0) is 13.2. The maximum Gasteiger partial charge on any atom is 0.137 e. The van der Waals surface area contributed by atoms with Gasteiger partial charge in [0.2, 0.25) is 0 Å². The molecule has 19 heavy (non-hydrogen) atoms. The van der Waals surface area contributed by atoms with E-state index >= 15 is 0 Å². The molecule has 5 nitrogen and oxygen atoms in total. The fourth-order valence-electron chi connectivity index (χ4n) is 2.30. The van der Waals surface area contributed by atoms with Gasteiger partial charge in [-0.15, -0.1) is 0 Å². The molecule has 0 bridgehead atoms. The molecule has 0 spiro atoms. The minimum Gasteiger partial charge on any atom is -0.361 e. The number of nitrogens with one attached hydrogen (secondary N) is 1. The molecule has 1 N–H and O–H groups in total. The summed E-state index contributed by atoms with van der Waals surface area (Å²) in [6.07, 6.45) is 5.39. The summed E-state index contributed by atoms with van der Waals surface area (Å²) in [6.45, 7) is 1.69. The van der Waals surface area contributed by atoms with Gasteiger partial charge < -0.3 is 9.88 Å². The van der Waals surface area contributed by atoms with Crippen molar-refractivity contribution in [2.75, 3.05) is 14.1 Å². The molecule has 0 aliphatic rings. The van der Waals surface area contributed by atoms with Gasteiger partial charge in [0.25, 0.3) is 0 Å². The van der Waals surface area contributed by atoms with E-state index < -0.39 is 0 Å². The largest absolute Gasteiger partial charge is 0.361 e. The highest BCUT2D eigenvalue weighted by Gasteiger charge is 2.06. The van der Waals surface area contributed by atoms with Crippen LogP contribution in [0.25, 0.3) is 10.9 Å². The minimum absolute atomic E-state index is 0.753. The number of hydrogen-bond acceptors (Lipinski definition) is 3. The van der Waals surface area contributed by atoms with Gasteiger partial charge in [-0.1, -0.05) is 6.07 Å². The summed E-state index contributed by atoms with van der Waals surface area (Å²) in [5.41, 5.74) is 3.73. The zero-order valence-corrected chi connectivity index (χ0v) is 11.2. The van der Waals surface area contributed by atoms with Crippen molar-refractivity contribution in [2.24, 2.45) is 0 Å². The highest BCUT2D eigenvalue weighted by Crippen LogP contribution is 2.21. The van der Waals surface area contributed by atoms with Crippen LogP contribution < -0.4 is 0 Å². The summed E-state index contributed by atoms with van der Waals surface area (Å²) in [7, 11) is 4.16. The van der Waals surface area contributed by atoms with Crippen LogP contribution in [0.5, 0.6) is 0 Å². The lowest BCUT2D eigenvalue weighted by Crippen LogP contribution is -2.10. The number of benzene rings is 1. The van der Waals surface area contributed by atoms with E-state index in [1.54, 1.807) is 12.7 Å². The minimum atomic E-state index is 0.753. The lowest BCUT2D eigenvalue weighted by molar-refractivity contribution is 0.404. The molecule has 0 radical (unpaired) electrons. The van der Waals surface area contributed by atoms with Gasteiger partial charge in [0, 0.05) is 23.6 Å². The van der Waals surface area contributed by atoms with Crippen LogP contribution in [0.2, 0.25) is 0 Å². The number of fused-ring (bicyclic) bond motifs is 1. The molecule has 2 heterocycles. The Kier molecular flexibility index (Phi) is 3.05. The molecule has 0 fully saturated rings. The Morgan fingerprint density at radius 3 is 2.95 bits per heavy atom. The molecule has 0 saturated carbocycles. The lowest BCUT2D eigenvalue weighted by atomic mass is 10.1. The van der Waals surface area contributed by atoms with Crippen molar-refractivity contribution in [1.82, 2.24) is 24.6 Å². The van der Waals surface area contributed by atoms with Crippen molar-refractivity contribution in [3.63, 3.8) is 0 Å². The van der Waals surface area contributed by atoms with Crippen LogP contribution in [0, 0.1) is 0 Å². The Bertz CT molecular complexity index is 666. The average Bonchev–Trinajstić information content (AvgIpc) is 3.00. The van der Waals surface area contributed by atoms with Crippen LogP contribution in [-0.2, 0) is 13.1 Å². The molecule has 0 unspecified atom stereocenters. The van der Waals surface area contributed by atoms with Crippen molar-refractivity contribution in [2.45, 2.75) is 13.1 Å². The summed E-state index contributed by atoms with van der Waals surface area (Å²) >= 11 is 0. The molecule has 3 aromatic rings. The molecule has 2 aromatic heterocycles. The normalized spacial score (nSPS) is 11.5. The fraction of sp³-hybridized carbons (Fsp3) is 0.286. The Morgan fingerprint density at radius 1 is 1.32 bits per heavy atom. The van der Waals surface area contributed by atoms with Gasteiger partial charge in [0.05, 0.1) is 6.54 Å². The van der Waals surface area contributed by atoms with E-state index in [0.29, 0.717) is 0 Å². The van der Waals surface area contributed by atoms with E-state index in [4.69, 9.17) is 0 Å². The molecular weight excluding hydrogens is 238 g/mol. The summed E-state index contributed by atoms with van der Waals surface area (Å²) < 4.78 is 1.83. The molecule has 0 aliphatic heterocycles. The van der Waals surface area contributed by atoms with E-state index in [9.17, 15) is 0 Å². The monoisotopic (exact) mass is 255 g/mol. The zero-order valence-electron chi connectivity index (χ0n) is 11.2. The van der Waals surface area contributed by atoms with Crippen LogP contribution in [0.3, 0.4) is 0 Å². The molecule has 3 rings (SSSR count). The molecule has 0 aliphatic carbocycles. The van der Waals surface area contributed by atoms with E-state index in [-0.39, 0.29) is 0 Å². The highest BCUT2D eigenvalue weighted by molar-refractivity contribution is 5.83. The molecule has 5 heteroatoms. The van der Waals surface area contributed by atoms with Gasteiger partial charge >= 0.3 is 0 Å². The van der Waals surface area contributed by atoms with Crippen molar-refractivity contribution in [3.8, 4) is 0 Å². The molecule has 0 saturated heterocycles. The molecule has 0 atom stereocenters. The maximum absolute atomic E-state index is 4.14. The smallest absolute Gasteiger partial charge is 0.137 e. The van der Waals surface area contributed by atoms with Crippen LogP contribution in [0.4, 0.5) is 0 Å². The Morgan fingerprint density at radius 2 is 2.21 bits per heavy atom. The number of rotatable bonds is 4. The second-order valence-corrected chi connectivity index (χ2v) is 5.02. The Balaban J connectivity index is 1.94. The van der Waals surface area contributed by atoms with Gasteiger partial charge in [-0.25, -0.2) is 9.67 Å². The quantitative estimate of drug-likeness (QED) is 0.774. The van der Waals surface area contributed by atoms with Crippen molar-refractivity contribution in [3.05, 3.63) is 48.2 Å². The predicted molar refractivity (Wildman–Crippen MR) is 74.8 cm³/mol. The maximum atomic E-state index is 4.14. The number of nitrogens with zero attached hydrogens (tertiary/aromatic N) is 4. The first-order valence-corrected chi connectivity index (χ1v) is 6.28. The van der Waals surface area contributed by atoms with Crippen molar-refractivity contribution in [1.29, 1.82) is 0 Å². The van der Waals surface area contributed by atoms with Crippen molar-refractivity contribution < 1.29 is 0 Å². The number of hydrogen-bond donors (Lipinski definition) is 1.